The lowest BCUT2D eigenvalue weighted by molar-refractivity contribution is -0.126. The Morgan fingerprint density at radius 3 is 2.60 bits per heavy atom. The second kappa shape index (κ2) is 10.9. The summed E-state index contributed by atoms with van der Waals surface area (Å²) in [6.45, 7) is 5.86. The molecule has 164 valence electrons. The van der Waals surface area contributed by atoms with E-state index in [0.717, 1.165) is 5.39 Å². The molecule has 0 aliphatic rings. The highest BCUT2D eigenvalue weighted by Gasteiger charge is 2.30. The van der Waals surface area contributed by atoms with Crippen LogP contribution in [-0.2, 0) is 4.79 Å². The van der Waals surface area contributed by atoms with E-state index in [1.807, 2.05) is 20.8 Å². The maximum absolute atomic E-state index is 14.7. The van der Waals surface area contributed by atoms with Crippen molar-refractivity contribution in [3.05, 3.63) is 30.0 Å². The number of ketones is 1. The lowest BCUT2D eigenvalue weighted by Gasteiger charge is -2.25. The average molecular weight is 419 g/mol. The molecule has 0 saturated carbocycles. The van der Waals surface area contributed by atoms with Crippen LogP contribution in [0, 0.1) is 11.8 Å². The minimum Gasteiger partial charge on any atom is -0.496 e. The second-order valence-corrected chi connectivity index (χ2v) is 7.45. The average Bonchev–Trinajstić information content (AvgIpc) is 2.76. The van der Waals surface area contributed by atoms with Crippen molar-refractivity contribution in [1.29, 1.82) is 0 Å². The van der Waals surface area contributed by atoms with Gasteiger partial charge < -0.3 is 14.8 Å². The normalized spacial score (nSPS) is 14.1. The van der Waals surface area contributed by atoms with Crippen LogP contribution in [0.1, 0.15) is 50.4 Å². The minimum atomic E-state index is -1.48. The van der Waals surface area contributed by atoms with E-state index in [0.29, 0.717) is 35.4 Å². The van der Waals surface area contributed by atoms with Crippen molar-refractivity contribution >= 4 is 22.5 Å². The van der Waals surface area contributed by atoms with Crippen molar-refractivity contribution in [2.24, 2.45) is 11.8 Å². The number of ether oxygens (including phenoxy) is 2. The fourth-order valence-electron chi connectivity index (χ4n) is 3.63. The van der Waals surface area contributed by atoms with E-state index in [1.165, 1.54) is 7.11 Å². The summed E-state index contributed by atoms with van der Waals surface area (Å²) in [6.07, 6.45) is 1.56. The number of methoxy groups -OCH3 is 1. The number of nitrogens with zero attached hydrogens (tertiary/aromatic N) is 1. The summed E-state index contributed by atoms with van der Waals surface area (Å²) < 4.78 is 26.0. The van der Waals surface area contributed by atoms with Crippen LogP contribution in [0.5, 0.6) is 11.6 Å². The number of halogens is 1. The predicted molar refractivity (Wildman–Crippen MR) is 115 cm³/mol. The Labute approximate surface area is 177 Å². The number of hydrogen-bond acceptors (Lipinski definition) is 5. The van der Waals surface area contributed by atoms with Gasteiger partial charge >= 0.3 is 0 Å². The lowest BCUT2D eigenvalue weighted by atomic mass is 9.85. The number of hydrogen-bond donors (Lipinski definition) is 1. The van der Waals surface area contributed by atoms with Crippen molar-refractivity contribution in [3.8, 4) is 11.6 Å². The van der Waals surface area contributed by atoms with E-state index in [9.17, 15) is 14.0 Å². The number of fused-ring (bicyclic) bond motifs is 1. The van der Waals surface area contributed by atoms with Gasteiger partial charge in [0.05, 0.1) is 19.3 Å². The summed E-state index contributed by atoms with van der Waals surface area (Å²) in [5.41, 5.74) is 0.416. The van der Waals surface area contributed by atoms with Crippen molar-refractivity contribution < 1.29 is 23.5 Å². The molecule has 3 atom stereocenters. The van der Waals surface area contributed by atoms with Gasteiger partial charge in [0.1, 0.15) is 5.75 Å². The molecule has 3 unspecified atom stereocenters. The number of carbonyl (C=O) groups excluding carboxylic acids is 2. The van der Waals surface area contributed by atoms with Gasteiger partial charge in [-0.25, -0.2) is 9.37 Å². The number of amides is 1. The van der Waals surface area contributed by atoms with Crippen LogP contribution in [0.4, 0.5) is 4.39 Å². The molecule has 2 aromatic rings. The zero-order valence-corrected chi connectivity index (χ0v) is 18.3. The van der Waals surface area contributed by atoms with Crippen molar-refractivity contribution in [2.75, 3.05) is 20.8 Å². The van der Waals surface area contributed by atoms with Crippen molar-refractivity contribution in [3.63, 3.8) is 0 Å². The number of rotatable bonds is 11. The number of aromatic nitrogens is 1. The van der Waals surface area contributed by atoms with Gasteiger partial charge in [0.25, 0.3) is 5.91 Å². The quantitative estimate of drug-likeness (QED) is 0.587. The van der Waals surface area contributed by atoms with Crippen LogP contribution in [0.3, 0.4) is 0 Å². The number of benzene rings is 1. The Morgan fingerprint density at radius 2 is 2.00 bits per heavy atom. The largest absolute Gasteiger partial charge is 0.496 e. The molecule has 7 heteroatoms. The van der Waals surface area contributed by atoms with Gasteiger partial charge in [-0.2, -0.15) is 0 Å². The summed E-state index contributed by atoms with van der Waals surface area (Å²) in [7, 11) is 3.05. The smallest absolute Gasteiger partial charge is 0.254 e. The first-order valence-corrected chi connectivity index (χ1v) is 10.4. The van der Waals surface area contributed by atoms with Crippen LogP contribution >= 0.6 is 0 Å². The van der Waals surface area contributed by atoms with Crippen LogP contribution in [0.25, 0.3) is 10.8 Å². The Balaban J connectivity index is 2.24. The molecule has 1 aromatic heterocycles. The Bertz CT molecular complexity index is 887. The number of Topliss-reactive ketones (excluding diaryl/α,β-unsaturated/α-hetero) is 1. The molecule has 1 N–H and O–H groups in total. The molecule has 2 rings (SSSR count). The molecule has 0 spiro atoms. The molecule has 0 saturated heterocycles. The van der Waals surface area contributed by atoms with Gasteiger partial charge in [-0.3, -0.25) is 9.59 Å². The highest BCUT2D eigenvalue weighted by molar-refractivity contribution is 6.02. The first-order chi connectivity index (χ1) is 14.4. The molecule has 0 bridgehead atoms. The summed E-state index contributed by atoms with van der Waals surface area (Å²) in [5, 5.41) is 4.07. The van der Waals surface area contributed by atoms with Crippen molar-refractivity contribution in [2.45, 2.75) is 46.2 Å². The molecule has 0 aliphatic carbocycles. The Kier molecular flexibility index (Phi) is 8.57. The van der Waals surface area contributed by atoms with E-state index >= 15 is 0 Å². The van der Waals surface area contributed by atoms with E-state index < -0.39 is 12.1 Å². The van der Waals surface area contributed by atoms with Gasteiger partial charge in [0.15, 0.2) is 12.0 Å². The Morgan fingerprint density at radius 1 is 1.27 bits per heavy atom. The molecule has 1 aromatic carbocycles. The summed E-state index contributed by atoms with van der Waals surface area (Å²) >= 11 is 0. The molecule has 0 aliphatic heterocycles. The number of pyridine rings is 1. The number of nitrogens with one attached hydrogen (secondary N) is 1. The van der Waals surface area contributed by atoms with E-state index in [2.05, 4.69) is 10.3 Å². The second-order valence-electron chi connectivity index (χ2n) is 7.45. The molecular formula is C23H31FN2O4. The lowest BCUT2D eigenvalue weighted by Crippen LogP contribution is -2.32. The van der Waals surface area contributed by atoms with Gasteiger partial charge in [-0.15, -0.1) is 0 Å². The van der Waals surface area contributed by atoms with Gasteiger partial charge in [-0.05, 0) is 42.3 Å². The summed E-state index contributed by atoms with van der Waals surface area (Å²) in [6, 6.07) is 5.22. The maximum atomic E-state index is 14.7. The minimum absolute atomic E-state index is 0.171. The summed E-state index contributed by atoms with van der Waals surface area (Å²) in [4.78, 5) is 28.4. The third-order valence-electron chi connectivity index (χ3n) is 5.38. The SMILES string of the molecule is CCCC(=O)C(F)C(CC)C(C)COc1nccc2cc(C(=O)NC)c(OC)cc12. The fourth-order valence-corrected chi connectivity index (χ4v) is 3.63. The molecule has 30 heavy (non-hydrogen) atoms. The molecule has 6 nitrogen and oxygen atoms in total. The van der Waals surface area contributed by atoms with Gasteiger partial charge in [0.2, 0.25) is 5.88 Å². The monoisotopic (exact) mass is 418 g/mol. The third-order valence-corrected chi connectivity index (χ3v) is 5.38. The highest BCUT2D eigenvalue weighted by Crippen LogP contribution is 2.32. The zero-order chi connectivity index (χ0) is 22.3. The highest BCUT2D eigenvalue weighted by atomic mass is 19.1. The first-order valence-electron chi connectivity index (χ1n) is 10.4. The molecule has 1 heterocycles. The third kappa shape index (κ3) is 5.26. The number of alkyl halides is 1. The fraction of sp³-hybridized carbons (Fsp3) is 0.522. The predicted octanol–water partition coefficient (Wildman–Crippen LogP) is 4.35. The van der Waals surface area contributed by atoms with Gasteiger partial charge in [0, 0.05) is 31.0 Å². The topological polar surface area (TPSA) is 77.5 Å². The van der Waals surface area contributed by atoms with Crippen LogP contribution in [-0.4, -0.2) is 43.6 Å². The molecule has 1 amide bonds. The van der Waals surface area contributed by atoms with Crippen LogP contribution < -0.4 is 14.8 Å². The molecular weight excluding hydrogens is 387 g/mol. The van der Waals surface area contributed by atoms with Crippen LogP contribution in [0.15, 0.2) is 24.4 Å². The molecule has 0 radical (unpaired) electrons. The van der Waals surface area contributed by atoms with Crippen LogP contribution in [0.2, 0.25) is 0 Å². The maximum Gasteiger partial charge on any atom is 0.254 e. The van der Waals surface area contributed by atoms with E-state index in [-0.39, 0.29) is 30.6 Å². The summed E-state index contributed by atoms with van der Waals surface area (Å²) in [5.74, 6) is -0.383. The Hall–Kier alpha value is -2.70. The van der Waals surface area contributed by atoms with Crippen molar-refractivity contribution in [1.82, 2.24) is 10.3 Å². The first kappa shape index (κ1) is 23.6. The van der Waals surface area contributed by atoms with Gasteiger partial charge in [-0.1, -0.05) is 20.8 Å². The van der Waals surface area contributed by atoms with E-state index in [4.69, 9.17) is 9.47 Å². The standard InChI is InChI=1S/C23H31FN2O4/c1-6-8-19(27)21(24)16(7-2)14(3)13-30-23-17-12-20(29-5)18(22(28)25-4)11-15(17)9-10-26-23/h9-12,14,16,21H,6-8,13H2,1-5H3,(H,25,28). The van der Waals surface area contributed by atoms with E-state index in [1.54, 1.807) is 31.4 Å². The number of carbonyl (C=O) groups is 2. The zero-order valence-electron chi connectivity index (χ0n) is 18.3. The molecule has 0 fully saturated rings.